The smallest absolute Gasteiger partial charge is 0.208 e. The van der Waals surface area contributed by atoms with E-state index in [0.29, 0.717) is 10.4 Å². The Labute approximate surface area is 97.5 Å². The van der Waals surface area contributed by atoms with Crippen LogP contribution in [0.2, 0.25) is 0 Å². The molecule has 2 heterocycles. The number of hydrogen-bond acceptors (Lipinski definition) is 5. The van der Waals surface area contributed by atoms with Crippen LogP contribution in [0.15, 0.2) is 18.3 Å². The van der Waals surface area contributed by atoms with E-state index in [4.69, 9.17) is 0 Å². The highest BCUT2D eigenvalue weighted by molar-refractivity contribution is 7.08. The lowest BCUT2D eigenvalue weighted by atomic mass is 10.1. The van der Waals surface area contributed by atoms with Crippen molar-refractivity contribution in [2.75, 3.05) is 0 Å². The fraction of sp³-hybridized carbons (Fsp3) is 0.273. The Morgan fingerprint density at radius 2 is 2.25 bits per heavy atom. The van der Waals surface area contributed by atoms with Gasteiger partial charge in [-0.25, -0.2) is 0 Å². The first-order valence-corrected chi connectivity index (χ1v) is 5.78. The minimum Gasteiger partial charge on any atom is -0.287 e. The number of rotatable bonds is 3. The van der Waals surface area contributed by atoms with Crippen molar-refractivity contribution >= 4 is 17.3 Å². The van der Waals surface area contributed by atoms with Crippen LogP contribution in [0.5, 0.6) is 0 Å². The molecule has 0 amide bonds. The first-order valence-electron chi connectivity index (χ1n) is 5.01. The summed E-state index contributed by atoms with van der Waals surface area (Å²) in [5, 5.41) is 3.93. The van der Waals surface area contributed by atoms with Gasteiger partial charge in [-0.05, 0) is 37.0 Å². The molecule has 2 rings (SSSR count). The maximum atomic E-state index is 12.1. The van der Waals surface area contributed by atoms with Gasteiger partial charge in [-0.2, -0.15) is 0 Å². The zero-order chi connectivity index (χ0) is 11.5. The van der Waals surface area contributed by atoms with Gasteiger partial charge in [0.05, 0.1) is 5.69 Å². The highest BCUT2D eigenvalue weighted by Gasteiger charge is 2.16. The third-order valence-corrected chi connectivity index (χ3v) is 3.04. The number of aryl methyl sites for hydroxylation is 2. The third kappa shape index (κ3) is 1.99. The zero-order valence-corrected chi connectivity index (χ0v) is 9.91. The van der Waals surface area contributed by atoms with Crippen molar-refractivity contribution in [1.82, 2.24) is 14.6 Å². The minimum atomic E-state index is -0.0423. The SMILES string of the molecule is CCc1nnsc1C(=O)c1ccc(C)nc1. The van der Waals surface area contributed by atoms with Gasteiger partial charge in [0, 0.05) is 17.5 Å². The van der Waals surface area contributed by atoms with Crippen LogP contribution in [0.25, 0.3) is 0 Å². The quantitative estimate of drug-likeness (QED) is 0.761. The van der Waals surface area contributed by atoms with Gasteiger partial charge in [0.2, 0.25) is 5.78 Å². The molecule has 2 aromatic heterocycles. The molecule has 5 heteroatoms. The third-order valence-electron chi connectivity index (χ3n) is 2.27. The number of carbonyl (C=O) groups excluding carboxylic acids is 1. The van der Waals surface area contributed by atoms with E-state index in [1.54, 1.807) is 12.3 Å². The molecule has 0 bridgehead atoms. The summed E-state index contributed by atoms with van der Waals surface area (Å²) in [5.74, 6) is -0.0423. The van der Waals surface area contributed by atoms with Crippen LogP contribution >= 0.6 is 11.5 Å². The fourth-order valence-electron chi connectivity index (χ4n) is 1.35. The number of aromatic nitrogens is 3. The minimum absolute atomic E-state index is 0.0423. The maximum Gasteiger partial charge on any atom is 0.208 e. The summed E-state index contributed by atoms with van der Waals surface area (Å²) in [7, 11) is 0. The van der Waals surface area contributed by atoms with Crippen molar-refractivity contribution in [3.8, 4) is 0 Å². The van der Waals surface area contributed by atoms with Gasteiger partial charge in [0.15, 0.2) is 0 Å². The van der Waals surface area contributed by atoms with Crippen LogP contribution in [0, 0.1) is 6.92 Å². The second-order valence-corrected chi connectivity index (χ2v) is 4.17. The van der Waals surface area contributed by atoms with Gasteiger partial charge in [0.1, 0.15) is 4.88 Å². The maximum absolute atomic E-state index is 12.1. The molecule has 0 saturated carbocycles. The van der Waals surface area contributed by atoms with E-state index in [1.165, 1.54) is 0 Å². The van der Waals surface area contributed by atoms with E-state index < -0.39 is 0 Å². The number of hydrogen-bond donors (Lipinski definition) is 0. The first kappa shape index (κ1) is 10.9. The molecule has 0 atom stereocenters. The number of ketones is 1. The standard InChI is InChI=1S/C11H11N3OS/c1-3-9-11(16-14-13-9)10(15)8-5-4-7(2)12-6-8/h4-6H,3H2,1-2H3. The van der Waals surface area contributed by atoms with Gasteiger partial charge < -0.3 is 0 Å². The van der Waals surface area contributed by atoms with Crippen molar-refractivity contribution in [3.05, 3.63) is 40.2 Å². The second kappa shape index (κ2) is 4.49. The second-order valence-electron chi connectivity index (χ2n) is 3.42. The van der Waals surface area contributed by atoms with E-state index in [9.17, 15) is 4.79 Å². The summed E-state index contributed by atoms with van der Waals surface area (Å²) in [4.78, 5) is 16.8. The normalized spacial score (nSPS) is 10.4. The van der Waals surface area contributed by atoms with Crippen LogP contribution in [0.1, 0.15) is 33.5 Å². The average Bonchev–Trinajstić information content (AvgIpc) is 2.77. The molecule has 0 aliphatic rings. The highest BCUT2D eigenvalue weighted by Crippen LogP contribution is 2.16. The largest absolute Gasteiger partial charge is 0.287 e. The lowest BCUT2D eigenvalue weighted by Gasteiger charge is -1.99. The first-order chi connectivity index (χ1) is 7.72. The van der Waals surface area contributed by atoms with Crippen molar-refractivity contribution in [1.29, 1.82) is 0 Å². The molecule has 0 aliphatic heterocycles. The molecule has 4 nitrogen and oxygen atoms in total. The zero-order valence-electron chi connectivity index (χ0n) is 9.10. The highest BCUT2D eigenvalue weighted by atomic mass is 32.1. The summed E-state index contributed by atoms with van der Waals surface area (Å²) in [6.07, 6.45) is 2.31. The molecule has 0 saturated heterocycles. The van der Waals surface area contributed by atoms with Crippen LogP contribution < -0.4 is 0 Å². The Bertz CT molecular complexity index is 504. The summed E-state index contributed by atoms with van der Waals surface area (Å²) in [6.45, 7) is 3.85. The molecule has 0 spiro atoms. The number of pyridine rings is 1. The summed E-state index contributed by atoms with van der Waals surface area (Å²) in [5.41, 5.74) is 2.25. The van der Waals surface area contributed by atoms with Crippen molar-refractivity contribution < 1.29 is 4.79 Å². The molecule has 82 valence electrons. The molecular formula is C11H11N3OS. The Morgan fingerprint density at radius 1 is 1.44 bits per heavy atom. The predicted molar refractivity (Wildman–Crippen MR) is 61.7 cm³/mol. The van der Waals surface area contributed by atoms with Gasteiger partial charge in [-0.1, -0.05) is 11.4 Å². The molecule has 0 unspecified atom stereocenters. The van der Waals surface area contributed by atoms with E-state index in [1.807, 2.05) is 19.9 Å². The van der Waals surface area contributed by atoms with E-state index in [2.05, 4.69) is 14.6 Å². The lowest BCUT2D eigenvalue weighted by Crippen LogP contribution is -2.03. The van der Waals surface area contributed by atoms with E-state index in [0.717, 1.165) is 29.3 Å². The van der Waals surface area contributed by atoms with Crippen LogP contribution in [0.4, 0.5) is 0 Å². The van der Waals surface area contributed by atoms with Crippen LogP contribution in [-0.4, -0.2) is 20.4 Å². The fourth-order valence-corrected chi connectivity index (χ4v) is 2.06. The Hall–Kier alpha value is -1.62. The monoisotopic (exact) mass is 233 g/mol. The topological polar surface area (TPSA) is 55.7 Å². The molecule has 0 radical (unpaired) electrons. The predicted octanol–water partition coefficient (Wildman–Crippen LogP) is 2.03. The van der Waals surface area contributed by atoms with E-state index >= 15 is 0 Å². The molecule has 0 aromatic carbocycles. The number of carbonyl (C=O) groups is 1. The average molecular weight is 233 g/mol. The van der Waals surface area contributed by atoms with Crippen LogP contribution in [-0.2, 0) is 6.42 Å². The molecule has 0 aliphatic carbocycles. The molecule has 0 N–H and O–H groups in total. The molecule has 16 heavy (non-hydrogen) atoms. The molecular weight excluding hydrogens is 222 g/mol. The van der Waals surface area contributed by atoms with Gasteiger partial charge in [0.25, 0.3) is 0 Å². The summed E-state index contributed by atoms with van der Waals surface area (Å²) >= 11 is 1.14. The van der Waals surface area contributed by atoms with E-state index in [-0.39, 0.29) is 5.78 Å². The molecule has 0 fully saturated rings. The van der Waals surface area contributed by atoms with Crippen molar-refractivity contribution in [2.24, 2.45) is 0 Å². The van der Waals surface area contributed by atoms with Gasteiger partial charge >= 0.3 is 0 Å². The Kier molecular flexibility index (Phi) is 3.05. The summed E-state index contributed by atoms with van der Waals surface area (Å²) in [6, 6.07) is 3.61. The Morgan fingerprint density at radius 3 is 2.88 bits per heavy atom. The number of nitrogens with zero attached hydrogens (tertiary/aromatic N) is 3. The van der Waals surface area contributed by atoms with Crippen LogP contribution in [0.3, 0.4) is 0 Å². The Balaban J connectivity index is 2.35. The van der Waals surface area contributed by atoms with Gasteiger partial charge in [-0.3, -0.25) is 9.78 Å². The van der Waals surface area contributed by atoms with Crippen molar-refractivity contribution in [3.63, 3.8) is 0 Å². The summed E-state index contributed by atoms with van der Waals surface area (Å²) < 4.78 is 3.81. The van der Waals surface area contributed by atoms with Gasteiger partial charge in [-0.15, -0.1) is 5.10 Å². The molecule has 2 aromatic rings. The van der Waals surface area contributed by atoms with Crippen molar-refractivity contribution in [2.45, 2.75) is 20.3 Å². The lowest BCUT2D eigenvalue weighted by molar-refractivity contribution is 0.104.